The van der Waals surface area contributed by atoms with Crippen LogP contribution in [0.15, 0.2) is 48.5 Å². The molecule has 0 fully saturated rings. The van der Waals surface area contributed by atoms with Crippen molar-refractivity contribution >= 4 is 63.6 Å². The zero-order chi connectivity index (χ0) is 19.8. The Kier molecular flexibility index (Phi) is 9.83. The fraction of sp³-hybridized carbons (Fsp3) is 0.333. The van der Waals surface area contributed by atoms with Gasteiger partial charge < -0.3 is 8.69 Å². The molecular formula is C18H26O3Si6. The second-order valence-corrected chi connectivity index (χ2v) is 22.1. The van der Waals surface area contributed by atoms with Gasteiger partial charge in [-0.15, -0.1) is 0 Å². The molecule has 0 heterocycles. The maximum absolute atomic E-state index is 6.08. The third-order valence-electron chi connectivity index (χ3n) is 3.75. The summed E-state index contributed by atoms with van der Waals surface area (Å²) >= 11 is 0. The molecule has 9 heteroatoms. The lowest BCUT2D eigenvalue weighted by Gasteiger charge is -2.13. The Hall–Kier alpha value is -0.379. The molecule has 3 nitrogen and oxygen atoms in total. The number of rotatable bonds is 10. The number of benzene rings is 2. The first-order valence-corrected chi connectivity index (χ1v) is 21.5. The maximum Gasteiger partial charge on any atom is 0.265 e. The van der Waals surface area contributed by atoms with Gasteiger partial charge in [0.1, 0.15) is 8.31 Å². The Bertz CT molecular complexity index is 679. The highest BCUT2D eigenvalue weighted by Crippen LogP contribution is 2.17. The van der Waals surface area contributed by atoms with Gasteiger partial charge in [0, 0.05) is 0 Å². The molecule has 27 heavy (non-hydrogen) atoms. The number of hydrogen-bond acceptors (Lipinski definition) is 3. The third-order valence-corrected chi connectivity index (χ3v) is 13.4. The van der Waals surface area contributed by atoms with Gasteiger partial charge in [0.15, 0.2) is 9.28 Å². The van der Waals surface area contributed by atoms with Gasteiger partial charge in [-0.1, -0.05) is 73.4 Å². The zero-order valence-corrected chi connectivity index (χ0v) is 22.8. The molecule has 0 saturated heterocycles. The quantitative estimate of drug-likeness (QED) is 0.311. The molecule has 0 spiro atoms. The van der Waals surface area contributed by atoms with Gasteiger partial charge in [-0.05, 0) is 36.0 Å². The molecule has 0 atom stereocenters. The summed E-state index contributed by atoms with van der Waals surface area (Å²) in [6.45, 7) is 13.3. The van der Waals surface area contributed by atoms with Crippen molar-refractivity contribution in [1.82, 2.24) is 0 Å². The minimum Gasteiger partial charge on any atom is -0.455 e. The molecule has 0 aromatic heterocycles. The van der Waals surface area contributed by atoms with Crippen molar-refractivity contribution in [3.05, 3.63) is 48.5 Å². The Balaban J connectivity index is 1.96. The van der Waals surface area contributed by atoms with Gasteiger partial charge in [0.25, 0.3) is 18.3 Å². The Morgan fingerprint density at radius 3 is 1.67 bits per heavy atom. The van der Waals surface area contributed by atoms with E-state index in [0.717, 1.165) is 0 Å². The fourth-order valence-electron chi connectivity index (χ4n) is 2.27. The van der Waals surface area contributed by atoms with Gasteiger partial charge in [0.05, 0.1) is 8.31 Å². The van der Waals surface area contributed by atoms with Gasteiger partial charge in [0.2, 0.25) is 9.04 Å². The van der Waals surface area contributed by atoms with Crippen LogP contribution in [-0.4, -0.2) is 53.3 Å². The molecule has 0 amide bonds. The summed E-state index contributed by atoms with van der Waals surface area (Å²) in [6, 6.07) is 17.8. The van der Waals surface area contributed by atoms with Crippen LogP contribution in [0.2, 0.25) is 39.3 Å². The van der Waals surface area contributed by atoms with Crippen LogP contribution in [0.4, 0.5) is 0 Å². The first-order valence-electron chi connectivity index (χ1n) is 8.88. The summed E-state index contributed by atoms with van der Waals surface area (Å²) in [6.07, 6.45) is 0. The third kappa shape index (κ3) is 7.87. The van der Waals surface area contributed by atoms with E-state index in [-0.39, 0.29) is 8.31 Å². The summed E-state index contributed by atoms with van der Waals surface area (Å²) < 4.78 is 16.8. The van der Waals surface area contributed by atoms with Gasteiger partial charge in [-0.2, -0.15) is 0 Å². The van der Waals surface area contributed by atoms with E-state index in [1.54, 1.807) is 0 Å². The Morgan fingerprint density at radius 2 is 1.19 bits per heavy atom. The van der Waals surface area contributed by atoms with Crippen molar-refractivity contribution in [2.45, 2.75) is 39.3 Å². The van der Waals surface area contributed by atoms with Gasteiger partial charge in [-0.3, -0.25) is 4.58 Å². The minimum atomic E-state index is -0.874. The number of hydrogen-bond donors (Lipinski definition) is 0. The molecule has 8 radical (unpaired) electrons. The molecule has 0 unspecified atom stereocenters. The highest BCUT2D eigenvalue weighted by molar-refractivity contribution is 7.16. The monoisotopic (exact) mass is 458 g/mol. The van der Waals surface area contributed by atoms with Crippen molar-refractivity contribution in [1.29, 1.82) is 0 Å². The van der Waals surface area contributed by atoms with E-state index in [4.69, 9.17) is 13.3 Å². The van der Waals surface area contributed by atoms with Gasteiger partial charge >= 0.3 is 0 Å². The average Bonchev–Trinajstić information content (AvgIpc) is 2.66. The standard InChI is InChI=1S/C18H26O3Si6/c1-24(2)20-19-22-27(6)18-13-9-16(10-14-18)15-7-11-17(12-8-15)26(5)21-23-25(3)4/h7-14H,1-6H3. The normalized spacial score (nSPS) is 11.9. The summed E-state index contributed by atoms with van der Waals surface area (Å²) in [5, 5.41) is 2.73. The van der Waals surface area contributed by atoms with Crippen molar-refractivity contribution < 1.29 is 13.3 Å². The molecule has 0 aliphatic heterocycles. The largest absolute Gasteiger partial charge is 0.455 e. The van der Waals surface area contributed by atoms with Crippen LogP contribution in [0, 0.1) is 0 Å². The highest BCUT2D eigenvalue weighted by Gasteiger charge is 2.14. The van der Waals surface area contributed by atoms with Crippen LogP contribution in [0.25, 0.3) is 11.1 Å². The fourth-order valence-corrected chi connectivity index (χ4v) is 11.4. The van der Waals surface area contributed by atoms with Crippen molar-refractivity contribution in [2.24, 2.45) is 0 Å². The van der Waals surface area contributed by atoms with Crippen LogP contribution in [0.3, 0.4) is 0 Å². The van der Waals surface area contributed by atoms with E-state index in [2.05, 4.69) is 87.8 Å². The summed E-state index contributed by atoms with van der Waals surface area (Å²) in [7, 11) is -1.52. The Morgan fingerprint density at radius 1 is 0.667 bits per heavy atom. The first kappa shape index (κ1) is 22.9. The van der Waals surface area contributed by atoms with Crippen LogP contribution in [-0.2, 0) is 13.3 Å². The van der Waals surface area contributed by atoms with E-state index in [0.29, 0.717) is 18.6 Å². The molecule has 0 aliphatic carbocycles. The van der Waals surface area contributed by atoms with Crippen LogP contribution in [0.1, 0.15) is 0 Å². The lowest BCUT2D eigenvalue weighted by molar-refractivity contribution is -0.100. The lowest BCUT2D eigenvalue weighted by atomic mass is 10.1. The second-order valence-electron chi connectivity index (χ2n) is 6.72. The molecular weight excluding hydrogens is 433 g/mol. The van der Waals surface area contributed by atoms with E-state index in [1.807, 2.05) is 0 Å². The Labute approximate surface area is 175 Å². The average molecular weight is 459 g/mol. The molecule has 0 bridgehead atoms. The first-order chi connectivity index (χ1) is 12.9. The van der Waals surface area contributed by atoms with Crippen LogP contribution in [0.5, 0.6) is 0 Å². The second kappa shape index (κ2) is 11.6. The highest BCUT2D eigenvalue weighted by atomic mass is 29.2. The maximum atomic E-state index is 6.08. The van der Waals surface area contributed by atoms with Gasteiger partial charge in [-0.25, -0.2) is 0 Å². The zero-order valence-electron chi connectivity index (χ0n) is 16.8. The van der Waals surface area contributed by atoms with Crippen molar-refractivity contribution in [3.8, 4) is 11.1 Å². The summed E-state index contributed by atoms with van der Waals surface area (Å²) in [4.78, 5) is 0. The predicted molar refractivity (Wildman–Crippen MR) is 124 cm³/mol. The van der Waals surface area contributed by atoms with E-state index >= 15 is 0 Å². The smallest absolute Gasteiger partial charge is 0.265 e. The van der Waals surface area contributed by atoms with Crippen molar-refractivity contribution in [2.75, 3.05) is 0 Å². The molecule has 2 aromatic rings. The minimum absolute atomic E-state index is 0.290. The SMILES string of the molecule is C[Si](C)OO[Si][Si](C)c1ccc(-c2ccc([Si](C)O[Si][Si](C)C)cc2)cc1. The van der Waals surface area contributed by atoms with E-state index in [9.17, 15) is 0 Å². The van der Waals surface area contributed by atoms with Crippen molar-refractivity contribution in [3.63, 3.8) is 0 Å². The van der Waals surface area contributed by atoms with Crippen LogP contribution < -0.4 is 10.4 Å². The molecule has 0 aliphatic rings. The molecule has 0 saturated carbocycles. The van der Waals surface area contributed by atoms with E-state index in [1.165, 1.54) is 21.5 Å². The predicted octanol–water partition coefficient (Wildman–Crippen LogP) is 2.72. The molecule has 140 valence electrons. The van der Waals surface area contributed by atoms with E-state index < -0.39 is 26.4 Å². The molecule has 2 rings (SSSR count). The van der Waals surface area contributed by atoms with Crippen LogP contribution >= 0.6 is 0 Å². The summed E-state index contributed by atoms with van der Waals surface area (Å²) in [5.41, 5.74) is 2.52. The molecule has 2 aromatic carbocycles. The lowest BCUT2D eigenvalue weighted by Crippen LogP contribution is -2.35. The topological polar surface area (TPSA) is 27.7 Å². The molecule has 0 N–H and O–H groups in total. The summed E-state index contributed by atoms with van der Waals surface area (Å²) in [5.74, 6) is 0.